The molecule has 0 amide bonds. The molecule has 6 nitrogen and oxygen atoms in total. The highest BCUT2D eigenvalue weighted by Gasteiger charge is 2.10. The lowest BCUT2D eigenvalue weighted by Crippen LogP contribution is -2.09. The van der Waals surface area contributed by atoms with Crippen LogP contribution in [0.5, 0.6) is 0 Å². The van der Waals surface area contributed by atoms with Crippen LogP contribution in [0, 0.1) is 41.5 Å². The summed E-state index contributed by atoms with van der Waals surface area (Å²) in [6.07, 6.45) is 1.94. The Bertz CT molecular complexity index is 1170. The smallest absolute Gasteiger partial charge is 0.138 e. The molecular formula is C27H30N6. The third-order valence-electron chi connectivity index (χ3n) is 5.28. The minimum atomic E-state index is 0.569. The van der Waals surface area contributed by atoms with Crippen LogP contribution < -0.4 is 0 Å². The van der Waals surface area contributed by atoms with Gasteiger partial charge in [0.25, 0.3) is 0 Å². The van der Waals surface area contributed by atoms with Crippen molar-refractivity contribution in [1.82, 2.24) is 29.9 Å². The Kier molecular flexibility index (Phi) is 6.54. The minimum absolute atomic E-state index is 0.569. The van der Waals surface area contributed by atoms with Gasteiger partial charge < -0.3 is 0 Å². The summed E-state index contributed by atoms with van der Waals surface area (Å²) in [7, 11) is 0. The van der Waals surface area contributed by atoms with Gasteiger partial charge in [-0.1, -0.05) is 29.3 Å². The fraction of sp³-hybridized carbons (Fsp3) is 0.333. The number of aromatic nitrogens is 6. The van der Waals surface area contributed by atoms with Crippen LogP contribution >= 0.6 is 0 Å². The second-order valence-corrected chi connectivity index (χ2v) is 8.92. The first-order valence-electron chi connectivity index (χ1n) is 11.3. The van der Waals surface area contributed by atoms with Crippen LogP contribution in [-0.4, -0.2) is 29.9 Å². The third-order valence-corrected chi connectivity index (χ3v) is 5.28. The predicted molar refractivity (Wildman–Crippen MR) is 129 cm³/mol. The maximum Gasteiger partial charge on any atom is 0.138 e. The summed E-state index contributed by atoms with van der Waals surface area (Å²) in [5, 5.41) is 0. The zero-order valence-electron chi connectivity index (χ0n) is 20.3. The van der Waals surface area contributed by atoms with Crippen LogP contribution in [-0.2, 0) is 19.3 Å². The lowest BCUT2D eigenvalue weighted by Gasteiger charge is -2.09. The summed E-state index contributed by atoms with van der Waals surface area (Å²) in [5.74, 6) is 3.07. The Morgan fingerprint density at radius 3 is 1.67 bits per heavy atom. The van der Waals surface area contributed by atoms with Gasteiger partial charge in [0.1, 0.15) is 23.3 Å². The maximum absolute atomic E-state index is 4.89. The predicted octanol–water partition coefficient (Wildman–Crippen LogP) is 4.68. The minimum Gasteiger partial charge on any atom is -0.257 e. The van der Waals surface area contributed by atoms with E-state index >= 15 is 0 Å². The van der Waals surface area contributed by atoms with Crippen molar-refractivity contribution in [2.75, 3.05) is 0 Å². The van der Waals surface area contributed by atoms with Crippen molar-refractivity contribution in [3.05, 3.63) is 105 Å². The van der Waals surface area contributed by atoms with Gasteiger partial charge in [-0.15, -0.1) is 0 Å². The Morgan fingerprint density at radius 2 is 1.00 bits per heavy atom. The molecule has 168 valence electrons. The zero-order chi connectivity index (χ0) is 23.5. The molecular weight excluding hydrogens is 408 g/mol. The number of nitrogens with zero attached hydrogens (tertiary/aromatic N) is 6. The van der Waals surface area contributed by atoms with E-state index in [2.05, 4.69) is 71.0 Å². The van der Waals surface area contributed by atoms with Gasteiger partial charge in [-0.3, -0.25) is 4.98 Å². The monoisotopic (exact) mass is 438 g/mol. The first-order valence-corrected chi connectivity index (χ1v) is 11.3. The molecule has 0 aliphatic carbocycles. The molecule has 0 bridgehead atoms. The van der Waals surface area contributed by atoms with E-state index in [1.54, 1.807) is 0 Å². The first kappa shape index (κ1) is 22.6. The molecule has 0 spiro atoms. The molecule has 0 unspecified atom stereocenters. The van der Waals surface area contributed by atoms with Gasteiger partial charge in [-0.25, -0.2) is 24.9 Å². The number of pyridine rings is 1. The van der Waals surface area contributed by atoms with Crippen LogP contribution in [0.4, 0.5) is 0 Å². The summed E-state index contributed by atoms with van der Waals surface area (Å²) in [6.45, 7) is 12.2. The maximum atomic E-state index is 4.89. The molecule has 0 radical (unpaired) electrons. The molecule has 6 heteroatoms. The average Bonchev–Trinajstić information content (AvgIpc) is 2.65. The molecule has 3 aromatic heterocycles. The SMILES string of the molecule is Cc1cc(C)cc(Cc2nc(C)nc(Cc3cc(C)cc(Cc4cc(C)nc(C)n4)n3)n2)c1. The van der Waals surface area contributed by atoms with Crippen LogP contribution in [0.3, 0.4) is 0 Å². The molecule has 1 aromatic carbocycles. The van der Waals surface area contributed by atoms with E-state index in [4.69, 9.17) is 9.97 Å². The molecule has 0 atom stereocenters. The molecule has 0 aliphatic rings. The topological polar surface area (TPSA) is 77.3 Å². The van der Waals surface area contributed by atoms with Crippen LogP contribution in [0.25, 0.3) is 0 Å². The number of hydrogen-bond donors (Lipinski definition) is 0. The zero-order valence-corrected chi connectivity index (χ0v) is 20.3. The molecule has 33 heavy (non-hydrogen) atoms. The van der Waals surface area contributed by atoms with Gasteiger partial charge in [0.05, 0.1) is 12.1 Å². The molecule has 4 aromatic rings. The summed E-state index contributed by atoms with van der Waals surface area (Å²) in [6, 6.07) is 12.8. The fourth-order valence-corrected chi connectivity index (χ4v) is 4.34. The van der Waals surface area contributed by atoms with E-state index in [9.17, 15) is 0 Å². The van der Waals surface area contributed by atoms with Crippen molar-refractivity contribution < 1.29 is 0 Å². The lowest BCUT2D eigenvalue weighted by molar-refractivity contribution is 0.805. The standard InChI is InChI=1S/C27H30N6/c1-16-7-17(2)9-22(8-16)13-26-30-21(6)31-27(33-26)15-24-11-18(3)10-23(32-24)14-25-12-19(4)28-20(5)29-25/h7-12H,13-15H2,1-6H3. The van der Waals surface area contributed by atoms with Gasteiger partial charge >= 0.3 is 0 Å². The van der Waals surface area contributed by atoms with E-state index in [1.165, 1.54) is 22.3 Å². The normalized spacial score (nSPS) is 11.1. The van der Waals surface area contributed by atoms with Crippen molar-refractivity contribution in [2.24, 2.45) is 0 Å². The van der Waals surface area contributed by atoms with Gasteiger partial charge in [-0.2, -0.15) is 0 Å². The Balaban J connectivity index is 1.57. The van der Waals surface area contributed by atoms with Gasteiger partial charge in [-0.05, 0) is 70.9 Å². The van der Waals surface area contributed by atoms with Crippen molar-refractivity contribution in [3.63, 3.8) is 0 Å². The quantitative estimate of drug-likeness (QED) is 0.435. The Morgan fingerprint density at radius 1 is 0.455 bits per heavy atom. The van der Waals surface area contributed by atoms with Gasteiger partial charge in [0, 0.05) is 29.9 Å². The average molecular weight is 439 g/mol. The summed E-state index contributed by atoms with van der Waals surface area (Å²) in [4.78, 5) is 27.8. The molecule has 0 saturated carbocycles. The van der Waals surface area contributed by atoms with E-state index in [0.717, 1.165) is 46.1 Å². The van der Waals surface area contributed by atoms with Crippen LogP contribution in [0.1, 0.15) is 68.3 Å². The first-order chi connectivity index (χ1) is 15.7. The molecule has 3 heterocycles. The molecule has 0 saturated heterocycles. The van der Waals surface area contributed by atoms with Crippen molar-refractivity contribution in [3.8, 4) is 0 Å². The molecule has 0 fully saturated rings. The van der Waals surface area contributed by atoms with Crippen molar-refractivity contribution in [1.29, 1.82) is 0 Å². The highest BCUT2D eigenvalue weighted by molar-refractivity contribution is 5.31. The number of rotatable bonds is 6. The number of aryl methyl sites for hydroxylation is 6. The van der Waals surface area contributed by atoms with Gasteiger partial charge in [0.2, 0.25) is 0 Å². The lowest BCUT2D eigenvalue weighted by atomic mass is 10.0. The van der Waals surface area contributed by atoms with E-state index in [0.29, 0.717) is 19.3 Å². The highest BCUT2D eigenvalue weighted by atomic mass is 15.0. The number of hydrogen-bond acceptors (Lipinski definition) is 6. The van der Waals surface area contributed by atoms with E-state index < -0.39 is 0 Å². The molecule has 0 N–H and O–H groups in total. The van der Waals surface area contributed by atoms with Gasteiger partial charge in [0.15, 0.2) is 0 Å². The second kappa shape index (κ2) is 9.53. The molecule has 0 aliphatic heterocycles. The van der Waals surface area contributed by atoms with Crippen molar-refractivity contribution >= 4 is 0 Å². The summed E-state index contributed by atoms with van der Waals surface area (Å²) in [5.41, 5.74) is 8.79. The largest absolute Gasteiger partial charge is 0.257 e. The van der Waals surface area contributed by atoms with E-state index in [-0.39, 0.29) is 0 Å². The summed E-state index contributed by atoms with van der Waals surface area (Å²) < 4.78 is 0. The Labute approximate surface area is 195 Å². The Hall–Kier alpha value is -3.54. The number of benzene rings is 1. The van der Waals surface area contributed by atoms with E-state index in [1.807, 2.05) is 26.8 Å². The third kappa shape index (κ3) is 6.25. The summed E-state index contributed by atoms with van der Waals surface area (Å²) >= 11 is 0. The van der Waals surface area contributed by atoms with Crippen LogP contribution in [0.15, 0.2) is 36.4 Å². The fourth-order valence-electron chi connectivity index (χ4n) is 4.34. The van der Waals surface area contributed by atoms with Crippen LogP contribution in [0.2, 0.25) is 0 Å². The van der Waals surface area contributed by atoms with Crippen molar-refractivity contribution in [2.45, 2.75) is 60.8 Å². The highest BCUT2D eigenvalue weighted by Crippen LogP contribution is 2.15. The molecule has 4 rings (SSSR count). The second-order valence-electron chi connectivity index (χ2n) is 8.92.